The average molecular weight is 446 g/mol. The molecule has 0 unspecified atom stereocenters. The maximum absolute atomic E-state index is 5.67. The van der Waals surface area contributed by atoms with E-state index >= 15 is 0 Å². The van der Waals surface area contributed by atoms with Gasteiger partial charge in [0.05, 0.1) is 0 Å². The van der Waals surface area contributed by atoms with Crippen molar-refractivity contribution in [1.82, 2.24) is 0 Å². The SMILES string of the molecule is CCCCCCC1(CCCCCC)c2cc(B3OCO3)ccc2-c2ccc(B3OCO3)cc21. The highest BCUT2D eigenvalue weighted by atomic mass is 16.8. The van der Waals surface area contributed by atoms with E-state index < -0.39 is 0 Å². The Morgan fingerprint density at radius 2 is 1.09 bits per heavy atom. The third kappa shape index (κ3) is 4.43. The van der Waals surface area contributed by atoms with Gasteiger partial charge < -0.3 is 18.6 Å². The van der Waals surface area contributed by atoms with Crippen LogP contribution < -0.4 is 10.9 Å². The molecule has 1 aliphatic carbocycles. The molecule has 174 valence electrons. The van der Waals surface area contributed by atoms with Crippen molar-refractivity contribution in [3.8, 4) is 11.1 Å². The number of hydrogen-bond acceptors (Lipinski definition) is 4. The second kappa shape index (κ2) is 10.4. The number of unbranched alkanes of at least 4 members (excludes halogenated alkanes) is 6. The van der Waals surface area contributed by atoms with Crippen LogP contribution >= 0.6 is 0 Å². The van der Waals surface area contributed by atoms with E-state index in [0.29, 0.717) is 13.6 Å². The van der Waals surface area contributed by atoms with Crippen molar-refractivity contribution >= 4 is 25.2 Å². The van der Waals surface area contributed by atoms with Crippen molar-refractivity contribution in [3.63, 3.8) is 0 Å². The van der Waals surface area contributed by atoms with Gasteiger partial charge in [-0.3, -0.25) is 0 Å². The molecule has 0 radical (unpaired) electrons. The molecule has 2 fully saturated rings. The fourth-order valence-electron chi connectivity index (χ4n) is 5.85. The molecule has 0 spiro atoms. The number of benzene rings is 2. The van der Waals surface area contributed by atoms with Gasteiger partial charge in [-0.2, -0.15) is 0 Å². The van der Waals surface area contributed by atoms with Crippen molar-refractivity contribution < 1.29 is 18.6 Å². The summed E-state index contributed by atoms with van der Waals surface area (Å²) in [5.74, 6) is 0. The Hall–Kier alpha value is -1.59. The molecule has 33 heavy (non-hydrogen) atoms. The zero-order valence-corrected chi connectivity index (χ0v) is 20.2. The molecule has 5 rings (SSSR count). The van der Waals surface area contributed by atoms with E-state index in [0.717, 1.165) is 10.9 Å². The molecule has 0 aromatic heterocycles. The standard InChI is InChI=1S/C27H36B2O4/c1-3-5-7-9-15-27(16-10-8-6-4-2)25-17-21(28-30-19-31-28)11-13-23(25)24-14-12-22(18-26(24)27)29-32-20-33-29/h11-14,17-18H,3-10,15-16,19-20H2,1-2H3. The predicted molar refractivity (Wildman–Crippen MR) is 135 cm³/mol. The molecular weight excluding hydrogens is 410 g/mol. The first kappa shape index (κ1) is 23.2. The Labute approximate surface area is 199 Å². The van der Waals surface area contributed by atoms with Crippen molar-refractivity contribution in [3.05, 3.63) is 47.5 Å². The van der Waals surface area contributed by atoms with Crippen molar-refractivity contribution in [2.75, 3.05) is 13.6 Å². The van der Waals surface area contributed by atoms with Gasteiger partial charge in [0.1, 0.15) is 13.6 Å². The second-order valence-electron chi connectivity index (χ2n) is 9.88. The van der Waals surface area contributed by atoms with E-state index in [-0.39, 0.29) is 19.7 Å². The van der Waals surface area contributed by atoms with Gasteiger partial charge in [-0.15, -0.1) is 0 Å². The van der Waals surface area contributed by atoms with Crippen LogP contribution in [-0.2, 0) is 24.0 Å². The van der Waals surface area contributed by atoms with Crippen LogP contribution in [-0.4, -0.2) is 27.8 Å². The molecule has 2 aliphatic heterocycles. The van der Waals surface area contributed by atoms with Crippen LogP contribution in [0.25, 0.3) is 11.1 Å². The lowest BCUT2D eigenvalue weighted by Gasteiger charge is -2.34. The number of rotatable bonds is 12. The van der Waals surface area contributed by atoms with E-state index in [1.807, 2.05) is 0 Å². The summed E-state index contributed by atoms with van der Waals surface area (Å²) in [7, 11) is -0.437. The molecule has 4 nitrogen and oxygen atoms in total. The summed E-state index contributed by atoms with van der Waals surface area (Å²) in [6, 6.07) is 13.7. The molecule has 2 aromatic carbocycles. The van der Waals surface area contributed by atoms with Crippen LogP contribution in [0.3, 0.4) is 0 Å². The largest absolute Gasteiger partial charge is 0.497 e. The zero-order valence-electron chi connectivity index (χ0n) is 20.2. The van der Waals surface area contributed by atoms with Crippen LogP contribution in [0.2, 0.25) is 0 Å². The third-order valence-electron chi connectivity index (χ3n) is 7.74. The van der Waals surface area contributed by atoms with Crippen LogP contribution in [0, 0.1) is 0 Å². The van der Waals surface area contributed by atoms with Crippen LogP contribution in [0.4, 0.5) is 0 Å². The smallest absolute Gasteiger partial charge is 0.385 e. The molecule has 6 heteroatoms. The molecule has 0 bridgehead atoms. The van der Waals surface area contributed by atoms with Gasteiger partial charge in [0.25, 0.3) is 0 Å². The normalized spacial score (nSPS) is 18.0. The first-order chi connectivity index (χ1) is 16.3. The van der Waals surface area contributed by atoms with Gasteiger partial charge in [-0.05, 0) is 46.0 Å². The Kier molecular flexibility index (Phi) is 7.27. The van der Waals surface area contributed by atoms with Crippen LogP contribution in [0.15, 0.2) is 36.4 Å². The van der Waals surface area contributed by atoms with Crippen molar-refractivity contribution in [1.29, 1.82) is 0 Å². The summed E-state index contributed by atoms with van der Waals surface area (Å²) in [4.78, 5) is 0. The van der Waals surface area contributed by atoms with E-state index in [9.17, 15) is 0 Å². The van der Waals surface area contributed by atoms with Gasteiger partial charge in [-0.1, -0.05) is 102 Å². The van der Waals surface area contributed by atoms with Crippen LogP contribution in [0.5, 0.6) is 0 Å². The van der Waals surface area contributed by atoms with E-state index in [4.69, 9.17) is 18.6 Å². The highest BCUT2D eigenvalue weighted by molar-refractivity contribution is 6.63. The minimum Gasteiger partial charge on any atom is -0.385 e. The molecule has 0 atom stereocenters. The average Bonchev–Trinajstić information content (AvgIpc) is 3.01. The second-order valence-corrected chi connectivity index (χ2v) is 9.88. The van der Waals surface area contributed by atoms with Gasteiger partial charge >= 0.3 is 14.2 Å². The minimum atomic E-state index is -0.218. The quantitative estimate of drug-likeness (QED) is 0.328. The lowest BCUT2D eigenvalue weighted by atomic mass is 9.67. The Morgan fingerprint density at radius 3 is 1.45 bits per heavy atom. The van der Waals surface area contributed by atoms with Gasteiger partial charge in [0, 0.05) is 5.41 Å². The fourth-order valence-corrected chi connectivity index (χ4v) is 5.85. The van der Waals surface area contributed by atoms with Gasteiger partial charge in [0.15, 0.2) is 0 Å². The van der Waals surface area contributed by atoms with Crippen molar-refractivity contribution in [2.24, 2.45) is 0 Å². The van der Waals surface area contributed by atoms with E-state index in [1.165, 1.54) is 86.5 Å². The number of fused-ring (bicyclic) bond motifs is 3. The fraction of sp³-hybridized carbons (Fsp3) is 0.556. The topological polar surface area (TPSA) is 36.9 Å². The maximum atomic E-state index is 5.67. The molecule has 0 N–H and O–H groups in total. The molecule has 2 heterocycles. The highest BCUT2D eigenvalue weighted by Gasteiger charge is 2.44. The third-order valence-corrected chi connectivity index (χ3v) is 7.74. The van der Waals surface area contributed by atoms with Gasteiger partial charge in [-0.25, -0.2) is 0 Å². The Bertz CT molecular complexity index is 878. The molecule has 2 aromatic rings. The summed E-state index contributed by atoms with van der Waals surface area (Å²) in [5, 5.41) is 0. The summed E-state index contributed by atoms with van der Waals surface area (Å²) in [6.45, 7) is 5.37. The molecule has 0 saturated carbocycles. The maximum Gasteiger partial charge on any atom is 0.497 e. The lowest BCUT2D eigenvalue weighted by molar-refractivity contribution is -0.00429. The predicted octanol–water partition coefficient (Wildman–Crippen LogP) is 5.29. The molecule has 0 amide bonds. The zero-order chi connectivity index (χ0) is 22.7. The van der Waals surface area contributed by atoms with Gasteiger partial charge in [0.2, 0.25) is 0 Å². The first-order valence-corrected chi connectivity index (χ1v) is 13.0. The van der Waals surface area contributed by atoms with Crippen molar-refractivity contribution in [2.45, 2.75) is 83.5 Å². The summed E-state index contributed by atoms with van der Waals surface area (Å²) < 4.78 is 22.7. The molecule has 3 aliphatic rings. The highest BCUT2D eigenvalue weighted by Crippen LogP contribution is 2.53. The summed E-state index contributed by atoms with van der Waals surface area (Å²) in [6.07, 6.45) is 12.6. The summed E-state index contributed by atoms with van der Waals surface area (Å²) >= 11 is 0. The van der Waals surface area contributed by atoms with Crippen LogP contribution in [0.1, 0.15) is 89.2 Å². The first-order valence-electron chi connectivity index (χ1n) is 13.0. The number of hydrogen-bond donors (Lipinski definition) is 0. The Morgan fingerprint density at radius 1 is 0.636 bits per heavy atom. The van der Waals surface area contributed by atoms with E-state index in [2.05, 4.69) is 50.2 Å². The Balaban J connectivity index is 1.56. The lowest BCUT2D eigenvalue weighted by Crippen LogP contribution is -2.47. The molecule has 2 saturated heterocycles. The monoisotopic (exact) mass is 446 g/mol. The summed E-state index contributed by atoms with van der Waals surface area (Å²) in [5.41, 5.74) is 8.01. The molecular formula is C27H36B2O4. The minimum absolute atomic E-state index is 0.0334. The van der Waals surface area contributed by atoms with E-state index in [1.54, 1.807) is 0 Å².